The highest BCUT2D eigenvalue weighted by Crippen LogP contribution is 2.33. The maximum Gasteiger partial charge on any atom is 0.252 e. The van der Waals surface area contributed by atoms with Gasteiger partial charge in [0.1, 0.15) is 0 Å². The summed E-state index contributed by atoms with van der Waals surface area (Å²) in [6.45, 7) is 3.85. The summed E-state index contributed by atoms with van der Waals surface area (Å²) >= 11 is 1.67. The number of hydrogen-bond acceptors (Lipinski definition) is 4. The van der Waals surface area contributed by atoms with Crippen LogP contribution in [0.5, 0.6) is 0 Å². The molecule has 0 aromatic heterocycles. The summed E-state index contributed by atoms with van der Waals surface area (Å²) in [6, 6.07) is 7.67. The van der Waals surface area contributed by atoms with Crippen LogP contribution >= 0.6 is 11.8 Å². The van der Waals surface area contributed by atoms with Crippen molar-refractivity contribution in [3.8, 4) is 0 Å². The number of amides is 1. The number of carbonyl (C=O) groups excluding carboxylic acids is 1. The van der Waals surface area contributed by atoms with Crippen molar-refractivity contribution in [2.75, 3.05) is 25.4 Å². The Morgan fingerprint density at radius 2 is 1.88 bits per heavy atom. The zero-order chi connectivity index (χ0) is 17.9. The number of nitrogens with one attached hydrogen (secondary N) is 1. The third-order valence-electron chi connectivity index (χ3n) is 4.86. The van der Waals surface area contributed by atoms with E-state index >= 15 is 0 Å². The van der Waals surface area contributed by atoms with Crippen molar-refractivity contribution in [3.05, 3.63) is 29.8 Å². The molecule has 1 saturated carbocycles. The van der Waals surface area contributed by atoms with Gasteiger partial charge in [0.15, 0.2) is 0 Å². The quantitative estimate of drug-likeness (QED) is 0.737. The topological polar surface area (TPSA) is 66.5 Å². The molecule has 0 bridgehead atoms. The molecule has 3 rings (SSSR count). The molecule has 1 N–H and O–H groups in total. The third kappa shape index (κ3) is 4.57. The molecule has 25 heavy (non-hydrogen) atoms. The summed E-state index contributed by atoms with van der Waals surface area (Å²) in [5, 5.41) is 2.91. The Hall–Kier alpha value is -1.05. The second kappa shape index (κ2) is 8.10. The molecule has 0 unspecified atom stereocenters. The van der Waals surface area contributed by atoms with E-state index < -0.39 is 10.0 Å². The Morgan fingerprint density at radius 3 is 2.52 bits per heavy atom. The smallest absolute Gasteiger partial charge is 0.252 e. The Balaban J connectivity index is 1.49. The zero-order valence-corrected chi connectivity index (χ0v) is 16.2. The Labute approximate surface area is 154 Å². The largest absolute Gasteiger partial charge is 0.352 e. The normalized spacial score (nSPS) is 19.7. The van der Waals surface area contributed by atoms with Crippen LogP contribution in [0.1, 0.15) is 43.0 Å². The molecule has 0 spiro atoms. The molecular weight excluding hydrogens is 356 g/mol. The van der Waals surface area contributed by atoms with Crippen LogP contribution < -0.4 is 5.32 Å². The van der Waals surface area contributed by atoms with E-state index in [0.717, 1.165) is 41.9 Å². The SMILES string of the molecule is CCSc1ccccc1C(=O)NCC1CCN(S(=O)(=O)C2CC2)CC1. The lowest BCUT2D eigenvalue weighted by atomic mass is 9.98. The van der Waals surface area contributed by atoms with E-state index in [1.54, 1.807) is 16.1 Å². The minimum atomic E-state index is -3.06. The Morgan fingerprint density at radius 1 is 1.20 bits per heavy atom. The van der Waals surface area contributed by atoms with Gasteiger partial charge in [0.25, 0.3) is 5.91 Å². The van der Waals surface area contributed by atoms with Crippen molar-refractivity contribution >= 4 is 27.7 Å². The van der Waals surface area contributed by atoms with Crippen molar-refractivity contribution < 1.29 is 13.2 Å². The highest BCUT2D eigenvalue weighted by atomic mass is 32.2. The van der Waals surface area contributed by atoms with Crippen LogP contribution in [0.2, 0.25) is 0 Å². The van der Waals surface area contributed by atoms with Crippen LogP contribution in [0.3, 0.4) is 0 Å². The number of thioether (sulfide) groups is 1. The van der Waals surface area contributed by atoms with Crippen LogP contribution in [-0.2, 0) is 10.0 Å². The number of carbonyl (C=O) groups is 1. The summed E-state index contributed by atoms with van der Waals surface area (Å²) in [7, 11) is -3.06. The summed E-state index contributed by atoms with van der Waals surface area (Å²) < 4.78 is 26.2. The molecule has 1 amide bonds. The minimum Gasteiger partial charge on any atom is -0.352 e. The molecule has 2 aliphatic rings. The van der Waals surface area contributed by atoms with E-state index in [-0.39, 0.29) is 11.2 Å². The maximum absolute atomic E-state index is 12.5. The van der Waals surface area contributed by atoms with Crippen molar-refractivity contribution in [2.24, 2.45) is 5.92 Å². The highest BCUT2D eigenvalue weighted by molar-refractivity contribution is 7.99. The standard InChI is InChI=1S/C18H26N2O3S2/c1-2-24-17-6-4-3-5-16(17)18(21)19-13-14-9-11-20(12-10-14)25(22,23)15-7-8-15/h3-6,14-15H,2,7-13H2,1H3,(H,19,21). The molecule has 1 aromatic rings. The molecule has 5 nitrogen and oxygen atoms in total. The van der Waals surface area contributed by atoms with Gasteiger partial charge in [-0.3, -0.25) is 4.79 Å². The van der Waals surface area contributed by atoms with Crippen LogP contribution in [0.25, 0.3) is 0 Å². The first-order valence-electron chi connectivity index (χ1n) is 9.01. The number of benzene rings is 1. The van der Waals surface area contributed by atoms with Gasteiger partial charge >= 0.3 is 0 Å². The van der Waals surface area contributed by atoms with Crippen molar-refractivity contribution in [3.63, 3.8) is 0 Å². The third-order valence-corrected chi connectivity index (χ3v) is 8.22. The van der Waals surface area contributed by atoms with Crippen molar-refractivity contribution in [1.82, 2.24) is 9.62 Å². The van der Waals surface area contributed by atoms with E-state index in [4.69, 9.17) is 0 Å². The van der Waals surface area contributed by atoms with Gasteiger partial charge in [0.2, 0.25) is 10.0 Å². The first kappa shape index (κ1) is 18.7. The first-order valence-corrected chi connectivity index (χ1v) is 11.5. The van der Waals surface area contributed by atoms with Gasteiger partial charge in [-0.15, -0.1) is 11.8 Å². The van der Waals surface area contributed by atoms with E-state index in [1.807, 2.05) is 24.3 Å². The second-order valence-corrected chi connectivity index (χ2v) is 10.2. The predicted octanol–water partition coefficient (Wildman–Crippen LogP) is 2.73. The number of hydrogen-bond donors (Lipinski definition) is 1. The fraction of sp³-hybridized carbons (Fsp3) is 0.611. The molecule has 7 heteroatoms. The average molecular weight is 383 g/mol. The van der Waals surface area contributed by atoms with Crippen molar-refractivity contribution in [2.45, 2.75) is 42.8 Å². The molecule has 0 atom stereocenters. The molecule has 138 valence electrons. The summed E-state index contributed by atoms with van der Waals surface area (Å²) in [5.74, 6) is 1.24. The van der Waals surface area contributed by atoms with E-state index in [1.165, 1.54) is 0 Å². The van der Waals surface area contributed by atoms with Crippen LogP contribution in [0.15, 0.2) is 29.2 Å². The lowest BCUT2D eigenvalue weighted by Gasteiger charge is -2.31. The Bertz CT molecular complexity index is 709. The molecule has 1 aliphatic carbocycles. The number of rotatable bonds is 7. The summed E-state index contributed by atoms with van der Waals surface area (Å²) in [5.41, 5.74) is 0.725. The molecule has 1 aromatic carbocycles. The van der Waals surface area contributed by atoms with Crippen LogP contribution in [0.4, 0.5) is 0 Å². The molecule has 1 heterocycles. The van der Waals surface area contributed by atoms with Gasteiger partial charge in [0.05, 0.1) is 10.8 Å². The Kier molecular flexibility index (Phi) is 6.07. The van der Waals surface area contributed by atoms with Gasteiger partial charge in [-0.1, -0.05) is 19.1 Å². The summed E-state index contributed by atoms with van der Waals surface area (Å²) in [6.07, 6.45) is 3.26. The second-order valence-electron chi connectivity index (χ2n) is 6.73. The van der Waals surface area contributed by atoms with E-state index in [0.29, 0.717) is 25.6 Å². The minimum absolute atomic E-state index is 0.0374. The molecule has 2 fully saturated rings. The lowest BCUT2D eigenvalue weighted by Crippen LogP contribution is -2.42. The highest BCUT2D eigenvalue weighted by Gasteiger charge is 2.41. The zero-order valence-electron chi connectivity index (χ0n) is 14.6. The number of nitrogens with zero attached hydrogens (tertiary/aromatic N) is 1. The summed E-state index contributed by atoms with van der Waals surface area (Å²) in [4.78, 5) is 13.5. The van der Waals surface area contributed by atoms with Gasteiger partial charge in [-0.05, 0) is 49.5 Å². The van der Waals surface area contributed by atoms with Gasteiger partial charge in [-0.2, -0.15) is 0 Å². The van der Waals surface area contributed by atoms with Gasteiger partial charge < -0.3 is 5.32 Å². The number of sulfonamides is 1. The van der Waals surface area contributed by atoms with Crippen molar-refractivity contribution in [1.29, 1.82) is 0 Å². The lowest BCUT2D eigenvalue weighted by molar-refractivity contribution is 0.0938. The monoisotopic (exact) mass is 382 g/mol. The first-order chi connectivity index (χ1) is 12.0. The molecule has 1 aliphatic heterocycles. The predicted molar refractivity (Wildman–Crippen MR) is 101 cm³/mol. The molecule has 1 saturated heterocycles. The fourth-order valence-electron chi connectivity index (χ4n) is 3.21. The van der Waals surface area contributed by atoms with Gasteiger partial charge in [0, 0.05) is 24.5 Å². The fourth-order valence-corrected chi connectivity index (χ4v) is 5.89. The van der Waals surface area contributed by atoms with Crippen LogP contribution in [-0.4, -0.2) is 49.3 Å². The molecule has 0 radical (unpaired) electrons. The maximum atomic E-state index is 12.5. The molecular formula is C18H26N2O3S2. The number of piperidine rings is 1. The van der Waals surface area contributed by atoms with Gasteiger partial charge in [-0.25, -0.2) is 12.7 Å². The van der Waals surface area contributed by atoms with E-state index in [9.17, 15) is 13.2 Å². The average Bonchev–Trinajstić information content (AvgIpc) is 3.46. The van der Waals surface area contributed by atoms with E-state index in [2.05, 4.69) is 12.2 Å². The van der Waals surface area contributed by atoms with Crippen LogP contribution in [0, 0.1) is 5.92 Å².